The largest absolute Gasteiger partial charge is 0.396 e. The van der Waals surface area contributed by atoms with Crippen LogP contribution in [0.3, 0.4) is 0 Å². The molecule has 1 saturated heterocycles. The summed E-state index contributed by atoms with van der Waals surface area (Å²) < 4.78 is 0. The lowest BCUT2D eigenvalue weighted by molar-refractivity contribution is 0.203. The normalized spacial score (nSPS) is 17.2. The topological polar surface area (TPSA) is 23.5 Å². The molecule has 2 rings (SSSR count). The zero-order valence-corrected chi connectivity index (χ0v) is 11.7. The second-order valence-corrected chi connectivity index (χ2v) is 5.24. The maximum Gasteiger partial charge on any atom is 0.0460 e. The molecule has 0 aliphatic carbocycles. The van der Waals surface area contributed by atoms with E-state index in [-0.39, 0.29) is 0 Å². The minimum atomic E-state index is 0.351. The summed E-state index contributed by atoms with van der Waals surface area (Å²) in [4.78, 5) is 2.53. The number of para-hydroxylation sites is 1. The number of hydrogen-bond acceptors (Lipinski definition) is 2. The summed E-state index contributed by atoms with van der Waals surface area (Å²) in [5, 5.41) is 9.23. The first-order valence-corrected chi connectivity index (χ1v) is 7.26. The third-order valence-corrected chi connectivity index (χ3v) is 4.15. The van der Waals surface area contributed by atoms with Crippen LogP contribution in [0.2, 0.25) is 0 Å². The lowest BCUT2D eigenvalue weighted by Gasteiger charge is -2.35. The fourth-order valence-corrected chi connectivity index (χ4v) is 2.96. The van der Waals surface area contributed by atoms with Crippen LogP contribution < -0.4 is 4.90 Å². The molecule has 0 aromatic heterocycles. The van der Waals surface area contributed by atoms with Crippen molar-refractivity contribution in [2.24, 2.45) is 5.92 Å². The third-order valence-electron chi connectivity index (χ3n) is 4.15. The molecule has 1 aromatic carbocycles. The Hall–Kier alpha value is -1.02. The van der Waals surface area contributed by atoms with Crippen LogP contribution >= 0.6 is 0 Å². The van der Waals surface area contributed by atoms with Crippen LogP contribution in [0.5, 0.6) is 0 Å². The summed E-state index contributed by atoms with van der Waals surface area (Å²) in [5.41, 5.74) is 4.41. The molecule has 0 atom stereocenters. The molecule has 1 N–H and O–H groups in total. The second kappa shape index (κ2) is 6.24. The summed E-state index contributed by atoms with van der Waals surface area (Å²) in [6.45, 7) is 7.01. The van der Waals surface area contributed by atoms with E-state index in [1.807, 2.05) is 0 Å². The Kier molecular flexibility index (Phi) is 4.65. The van der Waals surface area contributed by atoms with E-state index in [4.69, 9.17) is 0 Å². The Morgan fingerprint density at radius 1 is 1.11 bits per heavy atom. The minimum Gasteiger partial charge on any atom is -0.396 e. The maximum atomic E-state index is 9.23. The van der Waals surface area contributed by atoms with Crippen molar-refractivity contribution in [2.75, 3.05) is 24.6 Å². The van der Waals surface area contributed by atoms with Crippen molar-refractivity contribution in [3.05, 3.63) is 29.3 Å². The number of rotatable bonds is 4. The average Bonchev–Trinajstić information content (AvgIpc) is 2.46. The van der Waals surface area contributed by atoms with Gasteiger partial charge in [0, 0.05) is 25.4 Å². The highest BCUT2D eigenvalue weighted by Gasteiger charge is 2.21. The van der Waals surface area contributed by atoms with Gasteiger partial charge in [0.25, 0.3) is 0 Å². The molecule has 2 heteroatoms. The van der Waals surface area contributed by atoms with E-state index >= 15 is 0 Å². The van der Waals surface area contributed by atoms with Gasteiger partial charge in [0.2, 0.25) is 0 Å². The zero-order valence-electron chi connectivity index (χ0n) is 11.7. The number of anilines is 1. The number of benzene rings is 1. The molecule has 0 amide bonds. The van der Waals surface area contributed by atoms with Crippen molar-refractivity contribution in [3.8, 4) is 0 Å². The van der Waals surface area contributed by atoms with Crippen molar-refractivity contribution >= 4 is 5.69 Å². The van der Waals surface area contributed by atoms with Crippen LogP contribution in [-0.4, -0.2) is 24.8 Å². The van der Waals surface area contributed by atoms with Gasteiger partial charge in [-0.1, -0.05) is 32.0 Å². The van der Waals surface area contributed by atoms with Crippen molar-refractivity contribution < 1.29 is 5.11 Å². The van der Waals surface area contributed by atoms with Gasteiger partial charge in [0.05, 0.1) is 0 Å². The maximum absolute atomic E-state index is 9.23. The van der Waals surface area contributed by atoms with Gasteiger partial charge in [-0.3, -0.25) is 0 Å². The van der Waals surface area contributed by atoms with Crippen molar-refractivity contribution in [1.29, 1.82) is 0 Å². The average molecular weight is 247 g/mol. The first-order valence-electron chi connectivity index (χ1n) is 7.26. The Bertz CT molecular complexity index is 358. The molecule has 1 fully saturated rings. The van der Waals surface area contributed by atoms with Crippen LogP contribution in [-0.2, 0) is 12.8 Å². The third kappa shape index (κ3) is 2.69. The number of aliphatic hydroxyl groups is 1. The molecule has 0 saturated carbocycles. The number of nitrogens with zero attached hydrogens (tertiary/aromatic N) is 1. The molecule has 0 bridgehead atoms. The molecule has 18 heavy (non-hydrogen) atoms. The highest BCUT2D eigenvalue weighted by atomic mass is 16.3. The molecule has 2 nitrogen and oxygen atoms in total. The van der Waals surface area contributed by atoms with Gasteiger partial charge in [0.1, 0.15) is 0 Å². The molecule has 100 valence electrons. The molecule has 1 heterocycles. The Balaban J connectivity index is 2.22. The summed E-state index contributed by atoms with van der Waals surface area (Å²) in [5.74, 6) is 0.514. The van der Waals surface area contributed by atoms with Crippen LogP contribution in [0.4, 0.5) is 5.69 Å². The lowest BCUT2D eigenvalue weighted by atomic mass is 9.95. The van der Waals surface area contributed by atoms with Crippen molar-refractivity contribution in [3.63, 3.8) is 0 Å². The minimum absolute atomic E-state index is 0.351. The van der Waals surface area contributed by atoms with Gasteiger partial charge in [-0.25, -0.2) is 0 Å². The lowest BCUT2D eigenvalue weighted by Crippen LogP contribution is -2.35. The molecule has 0 spiro atoms. The molecular weight excluding hydrogens is 222 g/mol. The smallest absolute Gasteiger partial charge is 0.0460 e. The fraction of sp³-hybridized carbons (Fsp3) is 0.625. The predicted octanol–water partition coefficient (Wildman–Crippen LogP) is 3.02. The van der Waals surface area contributed by atoms with Gasteiger partial charge >= 0.3 is 0 Å². The zero-order chi connectivity index (χ0) is 13.0. The molecule has 1 aliphatic rings. The van der Waals surface area contributed by atoms with Gasteiger partial charge in [-0.2, -0.15) is 0 Å². The van der Waals surface area contributed by atoms with Crippen molar-refractivity contribution in [2.45, 2.75) is 39.5 Å². The van der Waals surface area contributed by atoms with Gasteiger partial charge in [-0.05, 0) is 42.7 Å². The highest BCUT2D eigenvalue weighted by molar-refractivity contribution is 5.60. The van der Waals surface area contributed by atoms with E-state index in [1.54, 1.807) is 0 Å². The monoisotopic (exact) mass is 247 g/mol. The fourth-order valence-electron chi connectivity index (χ4n) is 2.96. The van der Waals surface area contributed by atoms with E-state index in [0.717, 1.165) is 38.8 Å². The van der Waals surface area contributed by atoms with Crippen LogP contribution in [0.15, 0.2) is 18.2 Å². The standard InChI is InChI=1S/C16H25NO/c1-3-14-6-5-7-15(4-2)16(14)17-10-8-13(12-18)9-11-17/h5-7,13,18H,3-4,8-12H2,1-2H3. The Morgan fingerprint density at radius 2 is 1.67 bits per heavy atom. The second-order valence-electron chi connectivity index (χ2n) is 5.24. The van der Waals surface area contributed by atoms with Gasteiger partial charge < -0.3 is 10.0 Å². The summed E-state index contributed by atoms with van der Waals surface area (Å²) in [7, 11) is 0. The Morgan fingerprint density at radius 3 is 2.11 bits per heavy atom. The Labute approximate surface area is 111 Å². The summed E-state index contributed by atoms with van der Waals surface area (Å²) >= 11 is 0. The van der Waals surface area contributed by atoms with E-state index in [1.165, 1.54) is 16.8 Å². The number of aliphatic hydroxyl groups excluding tert-OH is 1. The SMILES string of the molecule is CCc1cccc(CC)c1N1CCC(CO)CC1. The van der Waals surface area contributed by atoms with E-state index in [2.05, 4.69) is 36.9 Å². The van der Waals surface area contributed by atoms with Gasteiger partial charge in [0.15, 0.2) is 0 Å². The van der Waals surface area contributed by atoms with E-state index in [0.29, 0.717) is 12.5 Å². The van der Waals surface area contributed by atoms with Gasteiger partial charge in [-0.15, -0.1) is 0 Å². The molecule has 0 unspecified atom stereocenters. The molecule has 1 aromatic rings. The van der Waals surface area contributed by atoms with Crippen LogP contribution in [0.1, 0.15) is 37.8 Å². The van der Waals surface area contributed by atoms with E-state index < -0.39 is 0 Å². The molecule has 1 aliphatic heterocycles. The summed E-state index contributed by atoms with van der Waals surface area (Å²) in [6.07, 6.45) is 4.45. The van der Waals surface area contributed by atoms with E-state index in [9.17, 15) is 5.11 Å². The first-order chi connectivity index (χ1) is 8.80. The van der Waals surface area contributed by atoms with Crippen molar-refractivity contribution in [1.82, 2.24) is 0 Å². The van der Waals surface area contributed by atoms with Crippen LogP contribution in [0.25, 0.3) is 0 Å². The molecular formula is C16H25NO. The summed E-state index contributed by atoms with van der Waals surface area (Å²) in [6, 6.07) is 6.70. The number of piperidine rings is 1. The first kappa shape index (κ1) is 13.4. The number of aryl methyl sites for hydroxylation is 2. The molecule has 0 radical (unpaired) electrons. The van der Waals surface area contributed by atoms with Crippen LogP contribution in [0, 0.1) is 5.92 Å². The number of hydrogen-bond donors (Lipinski definition) is 1. The quantitative estimate of drug-likeness (QED) is 0.884. The highest BCUT2D eigenvalue weighted by Crippen LogP contribution is 2.30. The predicted molar refractivity (Wildman–Crippen MR) is 77.2 cm³/mol.